The molecule has 0 nitrogen and oxygen atoms in total. The number of benzene rings is 1. The molecule has 0 saturated carbocycles. The van der Waals surface area contributed by atoms with Crippen LogP contribution in [-0.2, 0) is 0 Å². The van der Waals surface area contributed by atoms with E-state index in [1.807, 2.05) is 0 Å². The Kier molecular flexibility index (Phi) is 3.70. The summed E-state index contributed by atoms with van der Waals surface area (Å²) in [6, 6.07) is 11.8. The van der Waals surface area contributed by atoms with Crippen molar-refractivity contribution in [3.63, 3.8) is 0 Å². The summed E-state index contributed by atoms with van der Waals surface area (Å²) in [5.41, 5.74) is 2.58. The lowest BCUT2D eigenvalue weighted by atomic mass is 10.1. The second kappa shape index (κ2) is 4.60. The van der Waals surface area contributed by atoms with Gasteiger partial charge in [0.25, 0.3) is 0 Å². The molecule has 0 amide bonds. The smallest absolute Gasteiger partial charge is 0.0445 e. The Bertz CT molecular complexity index is 293. The van der Waals surface area contributed by atoms with Gasteiger partial charge < -0.3 is 0 Å². The van der Waals surface area contributed by atoms with Crippen molar-refractivity contribution in [1.82, 2.24) is 0 Å². The molecule has 1 aromatic carbocycles. The Labute approximate surface area is 88.7 Å². The Morgan fingerprint density at radius 1 is 1.14 bits per heavy atom. The number of rotatable bonds is 4. The highest BCUT2D eigenvalue weighted by Gasteiger charge is 2.13. The maximum absolute atomic E-state index is 4.15. The first-order valence-electron chi connectivity index (χ1n) is 5.22. The summed E-state index contributed by atoms with van der Waals surface area (Å²) in [7, 11) is -0.914. The van der Waals surface area contributed by atoms with Crippen LogP contribution in [-0.4, -0.2) is 8.07 Å². The first-order chi connectivity index (χ1) is 6.49. The van der Waals surface area contributed by atoms with E-state index in [0.29, 0.717) is 0 Å². The molecule has 1 aromatic rings. The molecule has 0 aliphatic rings. The third kappa shape index (κ3) is 3.92. The predicted molar refractivity (Wildman–Crippen MR) is 68.2 cm³/mol. The fraction of sp³-hybridized carbons (Fsp3) is 0.385. The van der Waals surface area contributed by atoms with Gasteiger partial charge in [-0.1, -0.05) is 62.6 Å². The van der Waals surface area contributed by atoms with Gasteiger partial charge in [0, 0.05) is 8.07 Å². The fourth-order valence-corrected chi connectivity index (χ4v) is 2.40. The predicted octanol–water partition coefficient (Wildman–Crippen LogP) is 4.43. The third-order valence-electron chi connectivity index (χ3n) is 2.36. The summed E-state index contributed by atoms with van der Waals surface area (Å²) in [5, 5.41) is 0. The number of hydrogen-bond donors (Lipinski definition) is 0. The van der Waals surface area contributed by atoms with Crippen molar-refractivity contribution in [2.75, 3.05) is 0 Å². The van der Waals surface area contributed by atoms with Crippen LogP contribution in [0, 0.1) is 0 Å². The first kappa shape index (κ1) is 11.3. The van der Waals surface area contributed by atoms with Crippen LogP contribution < -0.4 is 0 Å². The molecule has 0 heterocycles. The molecule has 0 aromatic heterocycles. The van der Waals surface area contributed by atoms with Gasteiger partial charge in [-0.25, -0.2) is 0 Å². The highest BCUT2D eigenvalue weighted by molar-refractivity contribution is 6.76. The maximum atomic E-state index is 4.15. The van der Waals surface area contributed by atoms with Crippen molar-refractivity contribution in [3.8, 4) is 0 Å². The normalized spacial score (nSPS) is 11.4. The molecule has 0 spiro atoms. The van der Waals surface area contributed by atoms with Gasteiger partial charge in [-0.05, 0) is 17.6 Å². The van der Waals surface area contributed by atoms with Crippen molar-refractivity contribution >= 4 is 13.6 Å². The standard InChI is InChI=1S/C13H20Si/c1-12(10-11-14(2,3)4)13-8-6-5-7-9-13/h5-9H,1,10-11H2,2-4H3. The van der Waals surface area contributed by atoms with E-state index in [1.54, 1.807) is 0 Å². The van der Waals surface area contributed by atoms with Gasteiger partial charge in [-0.2, -0.15) is 0 Å². The van der Waals surface area contributed by atoms with Gasteiger partial charge >= 0.3 is 0 Å². The summed E-state index contributed by atoms with van der Waals surface area (Å²) in [5.74, 6) is 0. The van der Waals surface area contributed by atoms with E-state index >= 15 is 0 Å². The Morgan fingerprint density at radius 2 is 1.71 bits per heavy atom. The van der Waals surface area contributed by atoms with Crippen LogP contribution in [0.3, 0.4) is 0 Å². The lowest BCUT2D eigenvalue weighted by molar-refractivity contribution is 1.18. The van der Waals surface area contributed by atoms with Gasteiger partial charge in [0.2, 0.25) is 0 Å². The van der Waals surface area contributed by atoms with Crippen LogP contribution in [0.5, 0.6) is 0 Å². The van der Waals surface area contributed by atoms with E-state index in [-0.39, 0.29) is 0 Å². The molecule has 0 bridgehead atoms. The Hall–Kier alpha value is -0.823. The van der Waals surface area contributed by atoms with E-state index in [2.05, 4.69) is 56.6 Å². The van der Waals surface area contributed by atoms with E-state index in [0.717, 1.165) is 6.42 Å². The molecule has 14 heavy (non-hydrogen) atoms. The minimum Gasteiger partial charge on any atom is -0.0952 e. The van der Waals surface area contributed by atoms with Crippen LogP contribution in [0.4, 0.5) is 0 Å². The van der Waals surface area contributed by atoms with Gasteiger partial charge in [-0.15, -0.1) is 0 Å². The zero-order valence-electron chi connectivity index (χ0n) is 9.51. The molecule has 0 aliphatic carbocycles. The minimum absolute atomic E-state index is 0.914. The molecule has 0 aliphatic heterocycles. The van der Waals surface area contributed by atoms with Crippen molar-refractivity contribution in [2.24, 2.45) is 0 Å². The SMILES string of the molecule is C=C(CC[Si](C)(C)C)c1ccccc1. The average Bonchev–Trinajstić information content (AvgIpc) is 2.14. The fourth-order valence-electron chi connectivity index (χ4n) is 1.34. The Morgan fingerprint density at radius 3 is 2.21 bits per heavy atom. The average molecular weight is 204 g/mol. The summed E-state index contributed by atoms with van der Waals surface area (Å²) in [6.07, 6.45) is 1.15. The highest BCUT2D eigenvalue weighted by atomic mass is 28.3. The molecule has 0 fully saturated rings. The highest BCUT2D eigenvalue weighted by Crippen LogP contribution is 2.22. The second-order valence-corrected chi connectivity index (χ2v) is 10.7. The molecule has 0 radical (unpaired) electrons. The Balaban J connectivity index is 2.52. The van der Waals surface area contributed by atoms with Crippen LogP contribution in [0.2, 0.25) is 25.7 Å². The monoisotopic (exact) mass is 204 g/mol. The molecule has 0 unspecified atom stereocenters. The van der Waals surface area contributed by atoms with Crippen molar-refractivity contribution in [3.05, 3.63) is 42.5 Å². The van der Waals surface area contributed by atoms with Gasteiger partial charge in [0.15, 0.2) is 0 Å². The summed E-state index contributed by atoms with van der Waals surface area (Å²) in [4.78, 5) is 0. The van der Waals surface area contributed by atoms with Crippen LogP contribution in [0.25, 0.3) is 5.57 Å². The molecule has 0 atom stereocenters. The topological polar surface area (TPSA) is 0 Å². The lowest BCUT2D eigenvalue weighted by Gasteiger charge is -2.16. The number of hydrogen-bond acceptors (Lipinski definition) is 0. The zero-order valence-corrected chi connectivity index (χ0v) is 10.5. The van der Waals surface area contributed by atoms with E-state index in [9.17, 15) is 0 Å². The largest absolute Gasteiger partial charge is 0.0952 e. The van der Waals surface area contributed by atoms with Gasteiger partial charge in [-0.3, -0.25) is 0 Å². The molecule has 0 N–H and O–H groups in total. The molecular formula is C13H20Si. The van der Waals surface area contributed by atoms with Crippen LogP contribution >= 0.6 is 0 Å². The lowest BCUT2D eigenvalue weighted by Crippen LogP contribution is -2.18. The maximum Gasteiger partial charge on any atom is 0.0445 e. The van der Waals surface area contributed by atoms with Crippen molar-refractivity contribution in [2.45, 2.75) is 32.1 Å². The summed E-state index contributed by atoms with van der Waals surface area (Å²) >= 11 is 0. The van der Waals surface area contributed by atoms with Gasteiger partial charge in [0.1, 0.15) is 0 Å². The zero-order chi connectivity index (χ0) is 10.6. The first-order valence-corrected chi connectivity index (χ1v) is 8.93. The van der Waals surface area contributed by atoms with Gasteiger partial charge in [0.05, 0.1) is 0 Å². The number of allylic oxidation sites excluding steroid dienone is 1. The second-order valence-electron chi connectivity index (χ2n) is 5.03. The van der Waals surface area contributed by atoms with E-state index < -0.39 is 8.07 Å². The summed E-state index contributed by atoms with van der Waals surface area (Å²) < 4.78 is 0. The molecule has 0 saturated heterocycles. The molecule has 1 heteroatoms. The van der Waals surface area contributed by atoms with Crippen molar-refractivity contribution in [1.29, 1.82) is 0 Å². The van der Waals surface area contributed by atoms with E-state index in [1.165, 1.54) is 17.2 Å². The summed E-state index contributed by atoms with van der Waals surface area (Å²) in [6.45, 7) is 11.4. The molecule has 1 rings (SSSR count). The minimum atomic E-state index is -0.914. The van der Waals surface area contributed by atoms with Crippen molar-refractivity contribution < 1.29 is 0 Å². The molecule has 76 valence electrons. The van der Waals surface area contributed by atoms with Crippen LogP contribution in [0.15, 0.2) is 36.9 Å². The van der Waals surface area contributed by atoms with Crippen LogP contribution in [0.1, 0.15) is 12.0 Å². The third-order valence-corrected chi connectivity index (χ3v) is 4.11. The molecular weight excluding hydrogens is 184 g/mol. The quantitative estimate of drug-likeness (QED) is 0.637. The van der Waals surface area contributed by atoms with E-state index in [4.69, 9.17) is 0 Å².